The van der Waals surface area contributed by atoms with Crippen LogP contribution in [0.3, 0.4) is 0 Å². The zero-order chi connectivity index (χ0) is 24.3. The Kier molecular flexibility index (Phi) is 6.56. The summed E-state index contributed by atoms with van der Waals surface area (Å²) < 4.78 is 54.5. The molecule has 4 rings (SSSR count). The molecule has 0 amide bonds. The molecule has 0 aliphatic carbocycles. The molecule has 0 bridgehead atoms. The minimum absolute atomic E-state index is 0.0306. The Balaban J connectivity index is 1.82. The quantitative estimate of drug-likeness (QED) is 0.362. The summed E-state index contributed by atoms with van der Waals surface area (Å²) >= 11 is 0. The van der Waals surface area contributed by atoms with E-state index in [-0.39, 0.29) is 17.9 Å². The molecule has 1 atom stereocenters. The van der Waals surface area contributed by atoms with Crippen molar-refractivity contribution in [1.29, 1.82) is 0 Å². The second kappa shape index (κ2) is 9.56. The van der Waals surface area contributed by atoms with Gasteiger partial charge < -0.3 is 11.5 Å². The van der Waals surface area contributed by atoms with Crippen LogP contribution in [-0.2, 0) is 12.6 Å². The van der Waals surface area contributed by atoms with Crippen LogP contribution in [0, 0.1) is 5.82 Å². The summed E-state index contributed by atoms with van der Waals surface area (Å²) in [4.78, 5) is 12.7. The molecule has 0 saturated heterocycles. The maximum absolute atomic E-state index is 14.2. The lowest BCUT2D eigenvalue weighted by Gasteiger charge is -2.18. The van der Waals surface area contributed by atoms with E-state index >= 15 is 0 Å². The second-order valence-electron chi connectivity index (χ2n) is 7.73. The number of nitrogen functional groups attached to an aromatic ring is 1. The van der Waals surface area contributed by atoms with Crippen molar-refractivity contribution >= 4 is 5.95 Å². The van der Waals surface area contributed by atoms with Crippen LogP contribution in [0.4, 0.5) is 23.5 Å². The third kappa shape index (κ3) is 5.04. The molecule has 4 aromatic rings. The first-order valence-corrected chi connectivity index (χ1v) is 10.5. The normalized spacial score (nSPS) is 12.5. The predicted molar refractivity (Wildman–Crippen MR) is 122 cm³/mol. The number of pyridine rings is 1. The van der Waals surface area contributed by atoms with Crippen molar-refractivity contribution in [1.82, 2.24) is 15.0 Å². The molecule has 0 spiro atoms. The van der Waals surface area contributed by atoms with E-state index in [9.17, 15) is 17.6 Å². The lowest BCUT2D eigenvalue weighted by Crippen LogP contribution is -2.14. The fourth-order valence-electron chi connectivity index (χ4n) is 3.80. The fraction of sp³-hybridized carbons (Fsp3) is 0.160. The van der Waals surface area contributed by atoms with Gasteiger partial charge in [0.2, 0.25) is 5.95 Å². The summed E-state index contributed by atoms with van der Waals surface area (Å²) in [6.07, 6.45) is -0.880. The molecule has 4 N–H and O–H groups in total. The van der Waals surface area contributed by atoms with E-state index in [0.717, 1.165) is 12.1 Å². The summed E-state index contributed by atoms with van der Waals surface area (Å²) in [5, 5.41) is 0. The van der Waals surface area contributed by atoms with Crippen molar-refractivity contribution in [2.45, 2.75) is 25.1 Å². The van der Waals surface area contributed by atoms with Gasteiger partial charge in [-0.2, -0.15) is 13.2 Å². The number of aryl methyl sites for hydroxylation is 1. The number of benzene rings is 2. The van der Waals surface area contributed by atoms with E-state index in [0.29, 0.717) is 34.5 Å². The molecule has 9 heteroatoms. The molecular weight excluding hydrogens is 446 g/mol. The van der Waals surface area contributed by atoms with Crippen LogP contribution in [0.15, 0.2) is 73.1 Å². The van der Waals surface area contributed by atoms with Gasteiger partial charge in [-0.1, -0.05) is 30.3 Å². The van der Waals surface area contributed by atoms with E-state index in [2.05, 4.69) is 15.0 Å². The molecule has 1 unspecified atom stereocenters. The van der Waals surface area contributed by atoms with Crippen LogP contribution in [0.5, 0.6) is 0 Å². The minimum Gasteiger partial charge on any atom is -0.368 e. The Labute approximate surface area is 193 Å². The fourth-order valence-corrected chi connectivity index (χ4v) is 3.80. The number of anilines is 1. The van der Waals surface area contributed by atoms with Gasteiger partial charge in [-0.3, -0.25) is 4.98 Å². The molecule has 0 saturated carbocycles. The van der Waals surface area contributed by atoms with E-state index in [4.69, 9.17) is 11.5 Å². The van der Waals surface area contributed by atoms with Gasteiger partial charge >= 0.3 is 6.18 Å². The van der Waals surface area contributed by atoms with Crippen LogP contribution in [0.1, 0.15) is 29.3 Å². The molecule has 34 heavy (non-hydrogen) atoms. The highest BCUT2D eigenvalue weighted by molar-refractivity contribution is 5.83. The number of aromatic nitrogens is 3. The highest BCUT2D eigenvalue weighted by Gasteiger charge is 2.31. The molecule has 2 aromatic carbocycles. The Morgan fingerprint density at radius 2 is 1.62 bits per heavy atom. The summed E-state index contributed by atoms with van der Waals surface area (Å²) in [6.45, 7) is 0. The summed E-state index contributed by atoms with van der Waals surface area (Å²) in [5.74, 6) is -0.454. The molecule has 0 radical (unpaired) electrons. The Hall–Kier alpha value is -3.85. The van der Waals surface area contributed by atoms with Crippen molar-refractivity contribution < 1.29 is 17.6 Å². The number of hydrogen-bond donors (Lipinski definition) is 2. The maximum Gasteiger partial charge on any atom is 0.416 e. The van der Waals surface area contributed by atoms with Crippen LogP contribution in [-0.4, -0.2) is 15.0 Å². The van der Waals surface area contributed by atoms with E-state index in [1.807, 2.05) is 0 Å². The zero-order valence-electron chi connectivity index (χ0n) is 17.9. The van der Waals surface area contributed by atoms with E-state index in [1.165, 1.54) is 12.1 Å². The minimum atomic E-state index is -4.52. The second-order valence-corrected chi connectivity index (χ2v) is 7.73. The summed E-state index contributed by atoms with van der Waals surface area (Å²) in [7, 11) is 0. The molecule has 2 heterocycles. The van der Waals surface area contributed by atoms with Gasteiger partial charge in [-0.15, -0.1) is 0 Å². The van der Waals surface area contributed by atoms with Gasteiger partial charge in [0.25, 0.3) is 0 Å². The lowest BCUT2D eigenvalue weighted by atomic mass is 9.93. The number of hydrogen-bond acceptors (Lipinski definition) is 5. The molecule has 0 fully saturated rings. The Morgan fingerprint density at radius 3 is 2.32 bits per heavy atom. The highest BCUT2D eigenvalue weighted by atomic mass is 19.4. The van der Waals surface area contributed by atoms with Crippen LogP contribution < -0.4 is 11.5 Å². The summed E-state index contributed by atoms with van der Waals surface area (Å²) in [6, 6.07) is 13.9. The average Bonchev–Trinajstić information content (AvgIpc) is 2.82. The number of rotatable bonds is 6. The molecule has 5 nitrogen and oxygen atoms in total. The number of alkyl halides is 3. The first-order valence-electron chi connectivity index (χ1n) is 10.5. The average molecular weight is 467 g/mol. The SMILES string of the molecule is Nc1nc(CCC(N)c2ccccc2F)c(-c2cccc(C(F)(F)F)c2)c(-c2ccncc2)n1. The van der Waals surface area contributed by atoms with Crippen molar-refractivity contribution in [2.75, 3.05) is 5.73 Å². The van der Waals surface area contributed by atoms with Crippen molar-refractivity contribution in [3.05, 3.63) is 95.7 Å². The van der Waals surface area contributed by atoms with Gasteiger partial charge in [-0.25, -0.2) is 14.4 Å². The number of nitrogens with two attached hydrogens (primary N) is 2. The predicted octanol–water partition coefficient (Wildman–Crippen LogP) is 5.58. The van der Waals surface area contributed by atoms with Gasteiger partial charge in [-0.05, 0) is 48.7 Å². The van der Waals surface area contributed by atoms with Crippen LogP contribution in [0.2, 0.25) is 0 Å². The summed E-state index contributed by atoms with van der Waals surface area (Å²) in [5.41, 5.74) is 13.9. The van der Waals surface area contributed by atoms with Crippen molar-refractivity contribution in [2.24, 2.45) is 5.73 Å². The maximum atomic E-state index is 14.2. The Bertz CT molecular complexity index is 1290. The number of halogens is 4. The van der Waals surface area contributed by atoms with Gasteiger partial charge in [0.1, 0.15) is 5.82 Å². The monoisotopic (exact) mass is 467 g/mol. The Morgan fingerprint density at radius 1 is 0.882 bits per heavy atom. The third-order valence-corrected chi connectivity index (χ3v) is 5.43. The third-order valence-electron chi connectivity index (χ3n) is 5.43. The van der Waals surface area contributed by atoms with Gasteiger partial charge in [0.05, 0.1) is 17.0 Å². The topological polar surface area (TPSA) is 90.7 Å². The first kappa shape index (κ1) is 23.3. The lowest BCUT2D eigenvalue weighted by molar-refractivity contribution is -0.137. The molecular formula is C25H21F4N5. The van der Waals surface area contributed by atoms with Gasteiger partial charge in [0.15, 0.2) is 0 Å². The number of nitrogens with zero attached hydrogens (tertiary/aromatic N) is 3. The molecule has 2 aromatic heterocycles. The van der Waals surface area contributed by atoms with Crippen molar-refractivity contribution in [3.63, 3.8) is 0 Å². The molecule has 0 aliphatic rings. The standard InChI is InChI=1S/C25H21F4N5/c26-19-7-2-1-6-18(19)20(30)8-9-21-22(16-4-3-5-17(14-16)25(27,28)29)23(34-24(31)33-21)15-10-12-32-13-11-15/h1-7,10-14,20H,8-9,30H2,(H2,31,33,34). The van der Waals surface area contributed by atoms with Crippen LogP contribution in [0.25, 0.3) is 22.4 Å². The highest BCUT2D eigenvalue weighted by Crippen LogP contribution is 2.38. The van der Waals surface area contributed by atoms with E-state index in [1.54, 1.807) is 48.8 Å². The zero-order valence-corrected chi connectivity index (χ0v) is 17.9. The first-order chi connectivity index (χ1) is 16.2. The molecule has 0 aliphatic heterocycles. The largest absolute Gasteiger partial charge is 0.416 e. The van der Waals surface area contributed by atoms with Gasteiger partial charge in [0, 0.05) is 35.1 Å². The molecule has 174 valence electrons. The van der Waals surface area contributed by atoms with E-state index < -0.39 is 23.6 Å². The smallest absolute Gasteiger partial charge is 0.368 e. The van der Waals surface area contributed by atoms with Crippen molar-refractivity contribution in [3.8, 4) is 22.4 Å². The van der Waals surface area contributed by atoms with Crippen LogP contribution >= 0.6 is 0 Å².